The molecule has 1 unspecified atom stereocenters. The van der Waals surface area contributed by atoms with Crippen LogP contribution in [0.25, 0.3) is 0 Å². The van der Waals surface area contributed by atoms with E-state index in [1.165, 1.54) is 17.4 Å². The molecule has 1 atom stereocenters. The number of nitrogens with one attached hydrogen (secondary N) is 1. The van der Waals surface area contributed by atoms with E-state index in [4.69, 9.17) is 5.84 Å². The van der Waals surface area contributed by atoms with Crippen LogP contribution in [0.4, 0.5) is 8.78 Å². The molecule has 2 aromatic rings. The number of thiophene rings is 1. The number of nitrogens with two attached hydrogens (primary N) is 1. The number of halogens is 2. The van der Waals surface area contributed by atoms with Gasteiger partial charge in [-0.1, -0.05) is 12.1 Å². The molecule has 2 nitrogen and oxygen atoms in total. The summed E-state index contributed by atoms with van der Waals surface area (Å²) >= 11 is 1.50. The first-order valence-electron chi connectivity index (χ1n) is 4.67. The molecule has 0 aliphatic rings. The second-order valence-electron chi connectivity index (χ2n) is 3.29. The smallest absolute Gasteiger partial charge is 0.159 e. The third-order valence-electron chi connectivity index (χ3n) is 2.27. The Kier molecular flexibility index (Phi) is 3.28. The van der Waals surface area contributed by atoms with Crippen LogP contribution in [0.3, 0.4) is 0 Å². The van der Waals surface area contributed by atoms with E-state index >= 15 is 0 Å². The predicted molar refractivity (Wildman–Crippen MR) is 59.8 cm³/mol. The van der Waals surface area contributed by atoms with Crippen molar-refractivity contribution in [3.63, 3.8) is 0 Å². The van der Waals surface area contributed by atoms with E-state index in [2.05, 4.69) is 5.43 Å². The molecule has 2 rings (SSSR count). The molecule has 1 aromatic carbocycles. The Morgan fingerprint density at radius 1 is 1.19 bits per heavy atom. The van der Waals surface area contributed by atoms with Crippen molar-refractivity contribution in [3.05, 3.63) is 57.8 Å². The van der Waals surface area contributed by atoms with E-state index < -0.39 is 11.6 Å². The Hall–Kier alpha value is -1.30. The van der Waals surface area contributed by atoms with Crippen molar-refractivity contribution in [2.45, 2.75) is 6.04 Å². The number of hydrogen-bond acceptors (Lipinski definition) is 3. The van der Waals surface area contributed by atoms with E-state index in [1.54, 1.807) is 0 Å². The largest absolute Gasteiger partial charge is 0.271 e. The molecular weight excluding hydrogens is 230 g/mol. The van der Waals surface area contributed by atoms with E-state index in [1.807, 2.05) is 17.5 Å². The van der Waals surface area contributed by atoms with Crippen molar-refractivity contribution in [3.8, 4) is 0 Å². The minimum absolute atomic E-state index is 0.310. The molecule has 0 aliphatic carbocycles. The first-order valence-corrected chi connectivity index (χ1v) is 5.55. The summed E-state index contributed by atoms with van der Waals surface area (Å²) < 4.78 is 25.9. The number of hydrazine groups is 1. The van der Waals surface area contributed by atoms with E-state index in [-0.39, 0.29) is 6.04 Å². The maximum atomic E-state index is 13.1. The summed E-state index contributed by atoms with van der Waals surface area (Å²) in [6, 6.07) is 7.22. The van der Waals surface area contributed by atoms with Gasteiger partial charge in [-0.2, -0.15) is 0 Å². The van der Waals surface area contributed by atoms with Gasteiger partial charge in [0.2, 0.25) is 0 Å². The molecule has 0 saturated heterocycles. The average molecular weight is 240 g/mol. The topological polar surface area (TPSA) is 38.0 Å². The summed E-state index contributed by atoms with van der Waals surface area (Å²) in [5.74, 6) is 3.70. The van der Waals surface area contributed by atoms with Crippen LogP contribution in [0.2, 0.25) is 0 Å². The zero-order valence-electron chi connectivity index (χ0n) is 8.28. The molecule has 0 fully saturated rings. The fraction of sp³-hybridized carbons (Fsp3) is 0.0909. The van der Waals surface area contributed by atoms with Gasteiger partial charge >= 0.3 is 0 Å². The maximum absolute atomic E-state index is 13.1. The van der Waals surface area contributed by atoms with Gasteiger partial charge in [-0.05, 0) is 29.1 Å². The van der Waals surface area contributed by atoms with Crippen LogP contribution in [0, 0.1) is 11.6 Å². The van der Waals surface area contributed by atoms with Gasteiger partial charge in [0.05, 0.1) is 6.04 Å². The van der Waals surface area contributed by atoms with Crippen LogP contribution >= 0.6 is 11.3 Å². The molecule has 0 spiro atoms. The lowest BCUT2D eigenvalue weighted by molar-refractivity contribution is 0.504. The second-order valence-corrected chi connectivity index (χ2v) is 4.27. The van der Waals surface area contributed by atoms with Crippen LogP contribution < -0.4 is 11.3 Å². The predicted octanol–water partition coefficient (Wildman–Crippen LogP) is 2.58. The van der Waals surface area contributed by atoms with Crippen LogP contribution in [-0.2, 0) is 0 Å². The lowest BCUT2D eigenvalue weighted by Gasteiger charge is -2.14. The fourth-order valence-corrected chi connectivity index (χ4v) is 2.30. The van der Waals surface area contributed by atoms with Crippen LogP contribution in [0.1, 0.15) is 16.5 Å². The van der Waals surface area contributed by atoms with Crippen molar-refractivity contribution >= 4 is 11.3 Å². The summed E-state index contributed by atoms with van der Waals surface area (Å²) in [5.41, 5.74) is 3.19. The molecular formula is C11H10F2N2S. The third-order valence-corrected chi connectivity index (χ3v) is 3.21. The number of benzene rings is 1. The Labute approximate surface area is 95.7 Å². The van der Waals surface area contributed by atoms with E-state index in [0.717, 1.165) is 17.0 Å². The first-order chi connectivity index (χ1) is 7.72. The quantitative estimate of drug-likeness (QED) is 0.639. The highest BCUT2D eigenvalue weighted by atomic mass is 32.1. The highest BCUT2D eigenvalue weighted by molar-refractivity contribution is 7.10. The molecule has 84 valence electrons. The molecule has 0 bridgehead atoms. The normalized spacial score (nSPS) is 12.7. The van der Waals surface area contributed by atoms with Gasteiger partial charge in [-0.3, -0.25) is 5.84 Å². The Morgan fingerprint density at radius 3 is 2.56 bits per heavy atom. The van der Waals surface area contributed by atoms with Crippen LogP contribution in [0.15, 0.2) is 35.7 Å². The zero-order chi connectivity index (χ0) is 11.5. The van der Waals surface area contributed by atoms with Crippen molar-refractivity contribution < 1.29 is 8.78 Å². The van der Waals surface area contributed by atoms with Gasteiger partial charge in [0.1, 0.15) is 0 Å². The van der Waals surface area contributed by atoms with Crippen LogP contribution in [-0.4, -0.2) is 0 Å². The molecule has 5 heteroatoms. The summed E-state index contributed by atoms with van der Waals surface area (Å²) in [6.45, 7) is 0. The summed E-state index contributed by atoms with van der Waals surface area (Å²) in [7, 11) is 0. The summed E-state index contributed by atoms with van der Waals surface area (Å²) in [4.78, 5) is 0.952. The zero-order valence-corrected chi connectivity index (χ0v) is 9.10. The highest BCUT2D eigenvalue weighted by Crippen LogP contribution is 2.26. The second kappa shape index (κ2) is 4.69. The average Bonchev–Trinajstić information content (AvgIpc) is 2.78. The van der Waals surface area contributed by atoms with Gasteiger partial charge in [0, 0.05) is 4.88 Å². The standard InChI is InChI=1S/C11H10F2N2S/c12-8-4-3-7(6-9(8)13)11(15-14)10-2-1-5-16-10/h1-6,11,15H,14H2. The Bertz CT molecular complexity index is 471. The van der Waals surface area contributed by atoms with Gasteiger partial charge in [0.25, 0.3) is 0 Å². The molecule has 1 heterocycles. The Morgan fingerprint density at radius 2 is 2.00 bits per heavy atom. The lowest BCUT2D eigenvalue weighted by Crippen LogP contribution is -2.28. The molecule has 3 N–H and O–H groups in total. The van der Waals surface area contributed by atoms with Gasteiger partial charge in [-0.15, -0.1) is 11.3 Å². The highest BCUT2D eigenvalue weighted by Gasteiger charge is 2.15. The molecule has 16 heavy (non-hydrogen) atoms. The summed E-state index contributed by atoms with van der Waals surface area (Å²) in [6.07, 6.45) is 0. The summed E-state index contributed by atoms with van der Waals surface area (Å²) in [5, 5.41) is 1.90. The monoisotopic (exact) mass is 240 g/mol. The van der Waals surface area contributed by atoms with Crippen LogP contribution in [0.5, 0.6) is 0 Å². The van der Waals surface area contributed by atoms with Gasteiger partial charge in [0.15, 0.2) is 11.6 Å². The SMILES string of the molecule is NNC(c1ccc(F)c(F)c1)c1cccs1. The fourth-order valence-electron chi connectivity index (χ4n) is 1.49. The van der Waals surface area contributed by atoms with Crippen molar-refractivity contribution in [1.29, 1.82) is 0 Å². The van der Waals surface area contributed by atoms with Crippen molar-refractivity contribution in [1.82, 2.24) is 5.43 Å². The lowest BCUT2D eigenvalue weighted by atomic mass is 10.1. The maximum Gasteiger partial charge on any atom is 0.159 e. The number of hydrogen-bond donors (Lipinski definition) is 2. The van der Waals surface area contributed by atoms with Gasteiger partial charge in [-0.25, -0.2) is 14.2 Å². The van der Waals surface area contributed by atoms with Crippen molar-refractivity contribution in [2.75, 3.05) is 0 Å². The number of rotatable bonds is 3. The molecule has 0 saturated carbocycles. The minimum Gasteiger partial charge on any atom is -0.271 e. The van der Waals surface area contributed by atoms with Crippen molar-refractivity contribution in [2.24, 2.45) is 5.84 Å². The Balaban J connectivity index is 2.37. The van der Waals surface area contributed by atoms with E-state index in [9.17, 15) is 8.78 Å². The minimum atomic E-state index is -0.866. The van der Waals surface area contributed by atoms with E-state index in [0.29, 0.717) is 5.56 Å². The first kappa shape index (κ1) is 11.2. The molecule has 0 radical (unpaired) electrons. The van der Waals surface area contributed by atoms with Gasteiger partial charge < -0.3 is 0 Å². The molecule has 0 amide bonds. The molecule has 1 aromatic heterocycles. The molecule has 0 aliphatic heterocycles. The third kappa shape index (κ3) is 2.11.